The number of hydrogen-bond acceptors (Lipinski definition) is 4. The van der Waals surface area contributed by atoms with E-state index in [1.807, 2.05) is 13.8 Å². The van der Waals surface area contributed by atoms with Gasteiger partial charge in [0.15, 0.2) is 0 Å². The fraction of sp³-hybridized carbons (Fsp3) is 0.900. The third kappa shape index (κ3) is 9.48. The molecule has 0 saturated carbocycles. The molecule has 0 radical (unpaired) electrons. The largest absolute Gasteiger partial charge is 0.469 e. The molecule has 0 aromatic rings. The zero-order valence-corrected chi connectivity index (χ0v) is 9.34. The van der Waals surface area contributed by atoms with Crippen molar-refractivity contribution in [3.8, 4) is 0 Å². The molecular formula is C10H21NO3. The van der Waals surface area contributed by atoms with Gasteiger partial charge in [0.2, 0.25) is 0 Å². The Labute approximate surface area is 86.0 Å². The number of carbonyl (C=O) groups excluding carboxylic acids is 1. The molecule has 0 bridgehead atoms. The highest BCUT2D eigenvalue weighted by Crippen LogP contribution is 1.89. The lowest BCUT2D eigenvalue weighted by Crippen LogP contribution is -2.22. The standard InChI is InChI=1S/C10H21NO3/c1-9(2)14-8-7-11-6-4-5-10(12)13-3/h9,11H,4-8H2,1-3H3. The molecule has 0 fully saturated rings. The SMILES string of the molecule is COC(=O)CCCNCCOC(C)C. The van der Waals surface area contributed by atoms with Crippen LogP contribution in [0.25, 0.3) is 0 Å². The molecule has 0 aliphatic rings. The molecule has 14 heavy (non-hydrogen) atoms. The van der Waals surface area contributed by atoms with Crippen LogP contribution in [-0.4, -0.2) is 38.9 Å². The van der Waals surface area contributed by atoms with Crippen LogP contribution in [0.15, 0.2) is 0 Å². The summed E-state index contributed by atoms with van der Waals surface area (Å²) >= 11 is 0. The van der Waals surface area contributed by atoms with E-state index in [0.717, 1.165) is 26.1 Å². The Balaban J connectivity index is 3.03. The van der Waals surface area contributed by atoms with E-state index in [1.165, 1.54) is 7.11 Å². The van der Waals surface area contributed by atoms with Crippen LogP contribution < -0.4 is 5.32 Å². The zero-order chi connectivity index (χ0) is 10.8. The lowest BCUT2D eigenvalue weighted by Gasteiger charge is -2.07. The second kappa shape index (κ2) is 8.97. The van der Waals surface area contributed by atoms with E-state index in [1.54, 1.807) is 0 Å². The van der Waals surface area contributed by atoms with Gasteiger partial charge in [-0.15, -0.1) is 0 Å². The maximum absolute atomic E-state index is 10.7. The summed E-state index contributed by atoms with van der Waals surface area (Å²) in [7, 11) is 1.41. The molecule has 0 spiro atoms. The van der Waals surface area contributed by atoms with Crippen LogP contribution in [0.4, 0.5) is 0 Å². The summed E-state index contributed by atoms with van der Waals surface area (Å²) in [4.78, 5) is 10.7. The first-order valence-corrected chi connectivity index (χ1v) is 5.06. The summed E-state index contributed by atoms with van der Waals surface area (Å²) in [5.41, 5.74) is 0. The fourth-order valence-corrected chi connectivity index (χ4v) is 0.952. The van der Waals surface area contributed by atoms with Crippen LogP contribution in [-0.2, 0) is 14.3 Å². The van der Waals surface area contributed by atoms with E-state index in [4.69, 9.17) is 4.74 Å². The lowest BCUT2D eigenvalue weighted by atomic mass is 10.3. The number of ether oxygens (including phenoxy) is 2. The molecule has 0 aromatic carbocycles. The normalized spacial score (nSPS) is 10.6. The average molecular weight is 203 g/mol. The molecule has 0 aromatic heterocycles. The minimum absolute atomic E-state index is 0.148. The van der Waals surface area contributed by atoms with Gasteiger partial charge < -0.3 is 14.8 Å². The first kappa shape index (κ1) is 13.4. The summed E-state index contributed by atoms with van der Waals surface area (Å²) < 4.78 is 9.85. The predicted molar refractivity (Wildman–Crippen MR) is 55.2 cm³/mol. The van der Waals surface area contributed by atoms with E-state index in [2.05, 4.69) is 10.1 Å². The monoisotopic (exact) mass is 203 g/mol. The van der Waals surface area contributed by atoms with E-state index in [0.29, 0.717) is 6.42 Å². The van der Waals surface area contributed by atoms with Gasteiger partial charge in [0.1, 0.15) is 0 Å². The van der Waals surface area contributed by atoms with Crippen molar-refractivity contribution in [2.24, 2.45) is 0 Å². The number of rotatable bonds is 8. The third-order valence-electron chi connectivity index (χ3n) is 1.69. The molecule has 4 heteroatoms. The predicted octanol–water partition coefficient (Wildman–Crippen LogP) is 0.954. The zero-order valence-electron chi connectivity index (χ0n) is 9.34. The number of methoxy groups -OCH3 is 1. The summed E-state index contributed by atoms with van der Waals surface area (Å²) in [5, 5.41) is 3.19. The Kier molecular flexibility index (Phi) is 8.57. The molecule has 1 N–H and O–H groups in total. The second-order valence-corrected chi connectivity index (χ2v) is 3.35. The number of carbonyl (C=O) groups is 1. The van der Waals surface area contributed by atoms with Crippen molar-refractivity contribution in [1.29, 1.82) is 0 Å². The van der Waals surface area contributed by atoms with Gasteiger partial charge in [-0.05, 0) is 26.8 Å². The van der Waals surface area contributed by atoms with Gasteiger partial charge in [0.05, 0.1) is 19.8 Å². The van der Waals surface area contributed by atoms with Crippen molar-refractivity contribution in [1.82, 2.24) is 5.32 Å². The van der Waals surface area contributed by atoms with Crippen molar-refractivity contribution < 1.29 is 14.3 Å². The topological polar surface area (TPSA) is 47.6 Å². The Morgan fingerprint density at radius 3 is 2.64 bits per heavy atom. The molecule has 0 saturated heterocycles. The summed E-state index contributed by atoms with van der Waals surface area (Å²) in [5.74, 6) is -0.148. The van der Waals surface area contributed by atoms with Crippen molar-refractivity contribution in [3.05, 3.63) is 0 Å². The molecule has 4 nitrogen and oxygen atoms in total. The van der Waals surface area contributed by atoms with Gasteiger partial charge in [-0.1, -0.05) is 0 Å². The minimum atomic E-state index is -0.148. The number of nitrogens with one attached hydrogen (secondary N) is 1. The van der Waals surface area contributed by atoms with Gasteiger partial charge in [0.25, 0.3) is 0 Å². The lowest BCUT2D eigenvalue weighted by molar-refractivity contribution is -0.140. The first-order chi connectivity index (χ1) is 6.66. The smallest absolute Gasteiger partial charge is 0.305 e. The van der Waals surface area contributed by atoms with Crippen LogP contribution in [0.2, 0.25) is 0 Å². The van der Waals surface area contributed by atoms with Crippen LogP contribution >= 0.6 is 0 Å². The third-order valence-corrected chi connectivity index (χ3v) is 1.69. The molecule has 0 atom stereocenters. The molecule has 0 amide bonds. The minimum Gasteiger partial charge on any atom is -0.469 e. The highest BCUT2D eigenvalue weighted by Gasteiger charge is 1.98. The van der Waals surface area contributed by atoms with Crippen molar-refractivity contribution in [2.75, 3.05) is 26.8 Å². The maximum Gasteiger partial charge on any atom is 0.305 e. The van der Waals surface area contributed by atoms with Crippen LogP contribution in [0, 0.1) is 0 Å². The quantitative estimate of drug-likeness (QED) is 0.471. The summed E-state index contributed by atoms with van der Waals surface area (Å²) in [6.45, 7) is 6.40. The average Bonchev–Trinajstić information content (AvgIpc) is 2.15. The van der Waals surface area contributed by atoms with Crippen LogP contribution in [0.3, 0.4) is 0 Å². The summed E-state index contributed by atoms with van der Waals surface area (Å²) in [6.07, 6.45) is 1.58. The van der Waals surface area contributed by atoms with Crippen molar-refractivity contribution in [3.63, 3.8) is 0 Å². The fourth-order valence-electron chi connectivity index (χ4n) is 0.952. The van der Waals surface area contributed by atoms with Gasteiger partial charge in [-0.3, -0.25) is 4.79 Å². The molecule has 0 heterocycles. The second-order valence-electron chi connectivity index (χ2n) is 3.35. The van der Waals surface area contributed by atoms with E-state index in [9.17, 15) is 4.79 Å². The molecule has 0 aliphatic carbocycles. The number of esters is 1. The molecule has 84 valence electrons. The summed E-state index contributed by atoms with van der Waals surface area (Å²) in [6, 6.07) is 0. The molecular weight excluding hydrogens is 182 g/mol. The maximum atomic E-state index is 10.7. The Morgan fingerprint density at radius 1 is 1.36 bits per heavy atom. The van der Waals surface area contributed by atoms with Crippen molar-refractivity contribution in [2.45, 2.75) is 32.8 Å². The van der Waals surface area contributed by atoms with Crippen LogP contribution in [0.1, 0.15) is 26.7 Å². The molecule has 0 unspecified atom stereocenters. The van der Waals surface area contributed by atoms with E-state index >= 15 is 0 Å². The highest BCUT2D eigenvalue weighted by atomic mass is 16.5. The van der Waals surface area contributed by atoms with E-state index < -0.39 is 0 Å². The Hall–Kier alpha value is -0.610. The Bertz CT molecular complexity index is 148. The molecule has 0 rings (SSSR count). The number of hydrogen-bond donors (Lipinski definition) is 1. The Morgan fingerprint density at radius 2 is 2.07 bits per heavy atom. The molecule has 0 aliphatic heterocycles. The van der Waals surface area contributed by atoms with Gasteiger partial charge >= 0.3 is 5.97 Å². The first-order valence-electron chi connectivity index (χ1n) is 5.06. The highest BCUT2D eigenvalue weighted by molar-refractivity contribution is 5.68. The van der Waals surface area contributed by atoms with Crippen LogP contribution in [0.5, 0.6) is 0 Å². The van der Waals surface area contributed by atoms with Gasteiger partial charge in [-0.2, -0.15) is 0 Å². The van der Waals surface area contributed by atoms with Gasteiger partial charge in [0, 0.05) is 13.0 Å². The van der Waals surface area contributed by atoms with Gasteiger partial charge in [-0.25, -0.2) is 0 Å². The van der Waals surface area contributed by atoms with E-state index in [-0.39, 0.29) is 12.1 Å². The van der Waals surface area contributed by atoms with Crippen molar-refractivity contribution >= 4 is 5.97 Å².